The molecular formula is C23H30N6O2. The number of urea groups is 1. The van der Waals surface area contributed by atoms with E-state index in [1.165, 1.54) is 19.3 Å². The Morgan fingerprint density at radius 2 is 2.06 bits per heavy atom. The van der Waals surface area contributed by atoms with E-state index in [0.717, 1.165) is 54.3 Å². The van der Waals surface area contributed by atoms with Crippen LogP contribution in [0.1, 0.15) is 56.1 Å². The molecule has 3 heterocycles. The maximum Gasteiger partial charge on any atom is 0.318 e. The fourth-order valence-electron chi connectivity index (χ4n) is 4.85. The molecule has 1 N–H and O–H groups in total. The Balaban J connectivity index is 1.44. The van der Waals surface area contributed by atoms with Crippen molar-refractivity contribution in [1.29, 1.82) is 0 Å². The van der Waals surface area contributed by atoms with Crippen LogP contribution in [0.3, 0.4) is 0 Å². The van der Waals surface area contributed by atoms with Gasteiger partial charge in [0.05, 0.1) is 18.2 Å². The predicted molar refractivity (Wildman–Crippen MR) is 118 cm³/mol. The van der Waals surface area contributed by atoms with Gasteiger partial charge in [0.1, 0.15) is 0 Å². The molecule has 0 unspecified atom stereocenters. The third-order valence-electron chi connectivity index (χ3n) is 6.53. The molecule has 1 aromatic carbocycles. The molecule has 1 aliphatic heterocycles. The summed E-state index contributed by atoms with van der Waals surface area (Å²) in [7, 11) is 0. The Bertz CT molecular complexity index is 1070. The topological polar surface area (TPSA) is 84.6 Å². The van der Waals surface area contributed by atoms with Crippen molar-refractivity contribution in [2.75, 3.05) is 13.2 Å². The summed E-state index contributed by atoms with van der Waals surface area (Å²) in [6.07, 6.45) is 7.90. The Labute approximate surface area is 181 Å². The summed E-state index contributed by atoms with van der Waals surface area (Å²) < 4.78 is 7.63. The van der Waals surface area contributed by atoms with E-state index < -0.39 is 0 Å². The summed E-state index contributed by atoms with van der Waals surface area (Å²) >= 11 is 0. The molecule has 8 heteroatoms. The number of amides is 2. The molecule has 164 valence electrons. The fraction of sp³-hybridized carbons (Fsp3) is 0.565. The number of benzene rings is 1. The van der Waals surface area contributed by atoms with Crippen molar-refractivity contribution in [3.63, 3.8) is 0 Å². The minimum atomic E-state index is -0.0166. The van der Waals surface area contributed by atoms with E-state index in [1.54, 1.807) is 4.52 Å². The van der Waals surface area contributed by atoms with Crippen LogP contribution in [-0.4, -0.2) is 56.3 Å². The maximum absolute atomic E-state index is 13.3. The second-order valence-electron chi connectivity index (χ2n) is 8.95. The molecule has 5 rings (SSSR count). The SMILES string of the molecule is Cc1ccc2cc(CN(C[C@H]3CCCO3)C(=O)NC3CCCCC3)c3nnnn3c2c1. The lowest BCUT2D eigenvalue weighted by atomic mass is 9.96. The number of rotatable bonds is 5. The van der Waals surface area contributed by atoms with Crippen molar-refractivity contribution in [3.8, 4) is 0 Å². The van der Waals surface area contributed by atoms with Crippen LogP contribution in [0.25, 0.3) is 16.6 Å². The number of hydrogen-bond acceptors (Lipinski definition) is 5. The first-order valence-electron chi connectivity index (χ1n) is 11.4. The van der Waals surface area contributed by atoms with E-state index in [1.807, 2.05) is 4.90 Å². The van der Waals surface area contributed by atoms with Crippen molar-refractivity contribution >= 4 is 22.6 Å². The van der Waals surface area contributed by atoms with E-state index in [0.29, 0.717) is 18.7 Å². The minimum Gasteiger partial charge on any atom is -0.376 e. The molecule has 0 bridgehead atoms. The number of aromatic nitrogens is 4. The van der Waals surface area contributed by atoms with Gasteiger partial charge in [-0.3, -0.25) is 0 Å². The van der Waals surface area contributed by atoms with Gasteiger partial charge >= 0.3 is 6.03 Å². The van der Waals surface area contributed by atoms with Crippen molar-refractivity contribution in [1.82, 2.24) is 30.3 Å². The molecule has 2 aliphatic rings. The number of fused-ring (bicyclic) bond motifs is 3. The Kier molecular flexibility index (Phi) is 5.72. The lowest BCUT2D eigenvalue weighted by molar-refractivity contribution is 0.0786. The number of carbonyl (C=O) groups is 1. The monoisotopic (exact) mass is 422 g/mol. The standard InChI is InChI=1S/C23H30N6O2/c1-16-9-10-17-13-18(22-25-26-27-29(22)21(17)12-16)14-28(15-20-8-5-11-31-20)23(30)24-19-6-3-2-4-7-19/h9-10,12-13,19-20H,2-8,11,14-15H2,1H3,(H,24,30)/t20-/m1/s1. The van der Waals surface area contributed by atoms with Crippen LogP contribution in [0, 0.1) is 6.92 Å². The zero-order chi connectivity index (χ0) is 21.2. The highest BCUT2D eigenvalue weighted by molar-refractivity contribution is 5.84. The maximum atomic E-state index is 13.3. The van der Waals surface area contributed by atoms with E-state index in [-0.39, 0.29) is 18.2 Å². The van der Waals surface area contributed by atoms with Crippen molar-refractivity contribution in [2.45, 2.75) is 70.6 Å². The second kappa shape index (κ2) is 8.78. The van der Waals surface area contributed by atoms with Gasteiger partial charge in [0, 0.05) is 30.1 Å². The highest BCUT2D eigenvalue weighted by Crippen LogP contribution is 2.23. The highest BCUT2D eigenvalue weighted by Gasteiger charge is 2.26. The molecule has 1 aliphatic carbocycles. The van der Waals surface area contributed by atoms with E-state index in [2.05, 4.69) is 52.0 Å². The zero-order valence-corrected chi connectivity index (χ0v) is 18.1. The number of ether oxygens (including phenoxy) is 1. The van der Waals surface area contributed by atoms with Gasteiger partial charge in [0.15, 0.2) is 5.65 Å². The number of pyridine rings is 1. The number of nitrogens with one attached hydrogen (secondary N) is 1. The molecule has 2 aromatic heterocycles. The van der Waals surface area contributed by atoms with Gasteiger partial charge in [-0.1, -0.05) is 31.4 Å². The molecule has 2 amide bonds. The molecule has 1 saturated heterocycles. The Hall–Kier alpha value is -2.74. The normalized spacial score (nSPS) is 19.8. The van der Waals surface area contributed by atoms with E-state index >= 15 is 0 Å². The lowest BCUT2D eigenvalue weighted by Crippen LogP contribution is -2.47. The van der Waals surface area contributed by atoms with Gasteiger partial charge < -0.3 is 15.0 Å². The van der Waals surface area contributed by atoms with Crippen LogP contribution in [0.15, 0.2) is 24.3 Å². The van der Waals surface area contributed by atoms with Gasteiger partial charge in [-0.15, -0.1) is 5.10 Å². The van der Waals surface area contributed by atoms with Crippen LogP contribution < -0.4 is 5.32 Å². The summed E-state index contributed by atoms with van der Waals surface area (Å²) in [4.78, 5) is 15.2. The van der Waals surface area contributed by atoms with Gasteiger partial charge in [-0.2, -0.15) is 4.52 Å². The number of nitrogens with zero attached hydrogens (tertiary/aromatic N) is 5. The molecule has 31 heavy (non-hydrogen) atoms. The van der Waals surface area contributed by atoms with Gasteiger partial charge in [0.2, 0.25) is 0 Å². The molecule has 3 aromatic rings. The number of carbonyl (C=O) groups excluding carboxylic acids is 1. The third-order valence-corrected chi connectivity index (χ3v) is 6.53. The average molecular weight is 423 g/mol. The Morgan fingerprint density at radius 1 is 1.19 bits per heavy atom. The first-order chi connectivity index (χ1) is 15.2. The first kappa shape index (κ1) is 20.2. The number of hydrogen-bond donors (Lipinski definition) is 1. The molecule has 2 fully saturated rings. The van der Waals surface area contributed by atoms with Gasteiger partial charge in [0.25, 0.3) is 0 Å². The summed E-state index contributed by atoms with van der Waals surface area (Å²) in [5.41, 5.74) is 3.77. The lowest BCUT2D eigenvalue weighted by Gasteiger charge is -2.30. The van der Waals surface area contributed by atoms with Crippen molar-refractivity contribution in [2.24, 2.45) is 0 Å². The minimum absolute atomic E-state index is 0.0166. The smallest absolute Gasteiger partial charge is 0.318 e. The number of aryl methyl sites for hydroxylation is 1. The number of tetrazole rings is 1. The molecule has 1 saturated carbocycles. The second-order valence-corrected chi connectivity index (χ2v) is 8.95. The van der Waals surface area contributed by atoms with Gasteiger partial charge in [-0.05, 0) is 60.7 Å². The molecule has 0 radical (unpaired) electrons. The summed E-state index contributed by atoms with van der Waals surface area (Å²) in [6.45, 7) is 3.86. The quantitative estimate of drug-likeness (QED) is 0.679. The molecule has 8 nitrogen and oxygen atoms in total. The third kappa shape index (κ3) is 4.35. The largest absolute Gasteiger partial charge is 0.376 e. The molecule has 1 atom stereocenters. The van der Waals surface area contributed by atoms with Crippen LogP contribution in [0.2, 0.25) is 0 Å². The van der Waals surface area contributed by atoms with Crippen molar-refractivity contribution in [3.05, 3.63) is 35.4 Å². The van der Waals surface area contributed by atoms with Gasteiger partial charge in [-0.25, -0.2) is 4.79 Å². The Morgan fingerprint density at radius 3 is 2.87 bits per heavy atom. The van der Waals surface area contributed by atoms with Crippen LogP contribution >= 0.6 is 0 Å². The van der Waals surface area contributed by atoms with Crippen molar-refractivity contribution < 1.29 is 9.53 Å². The van der Waals surface area contributed by atoms with E-state index in [4.69, 9.17) is 4.74 Å². The fourth-order valence-corrected chi connectivity index (χ4v) is 4.85. The highest BCUT2D eigenvalue weighted by atomic mass is 16.5. The predicted octanol–water partition coefficient (Wildman–Crippen LogP) is 3.61. The zero-order valence-electron chi connectivity index (χ0n) is 18.1. The van der Waals surface area contributed by atoms with Crippen LogP contribution in [-0.2, 0) is 11.3 Å². The summed E-state index contributed by atoms with van der Waals surface area (Å²) in [6, 6.07) is 8.61. The van der Waals surface area contributed by atoms with Crippen LogP contribution in [0.4, 0.5) is 4.79 Å². The molecular weight excluding hydrogens is 392 g/mol. The van der Waals surface area contributed by atoms with E-state index in [9.17, 15) is 4.79 Å². The summed E-state index contributed by atoms with van der Waals surface area (Å²) in [5.74, 6) is 0. The summed E-state index contributed by atoms with van der Waals surface area (Å²) in [5, 5.41) is 16.7. The first-order valence-corrected chi connectivity index (χ1v) is 11.4. The van der Waals surface area contributed by atoms with Crippen LogP contribution in [0.5, 0.6) is 0 Å². The average Bonchev–Trinajstić information content (AvgIpc) is 3.47. The molecule has 0 spiro atoms.